The normalized spacial score (nSPS) is 11.1. The summed E-state index contributed by atoms with van der Waals surface area (Å²) in [4.78, 5) is 8.35. The Kier molecular flexibility index (Phi) is 1.83. The average Bonchev–Trinajstić information content (AvgIpc) is 2.64. The van der Waals surface area contributed by atoms with Gasteiger partial charge in [-0.2, -0.15) is 0 Å². The maximum absolute atomic E-state index is 5.23. The predicted molar refractivity (Wildman–Crippen MR) is 62.6 cm³/mol. The number of methoxy groups -OCH3 is 1. The van der Waals surface area contributed by atoms with Gasteiger partial charge in [-0.25, -0.2) is 9.97 Å². The van der Waals surface area contributed by atoms with Crippen LogP contribution >= 0.6 is 0 Å². The summed E-state index contributed by atoms with van der Waals surface area (Å²) >= 11 is 0. The van der Waals surface area contributed by atoms with E-state index in [0.717, 1.165) is 27.7 Å². The van der Waals surface area contributed by atoms with Crippen LogP contribution in [-0.4, -0.2) is 21.6 Å². The van der Waals surface area contributed by atoms with Crippen molar-refractivity contribution < 1.29 is 4.74 Å². The lowest BCUT2D eigenvalue weighted by atomic mass is 10.2. The van der Waals surface area contributed by atoms with Gasteiger partial charge in [0.1, 0.15) is 17.7 Å². The highest BCUT2D eigenvalue weighted by molar-refractivity contribution is 6.06. The summed E-state index contributed by atoms with van der Waals surface area (Å²) in [5.74, 6) is 0.851. The van der Waals surface area contributed by atoms with E-state index in [4.69, 9.17) is 4.74 Å². The largest absolute Gasteiger partial charge is 0.497 e. The van der Waals surface area contributed by atoms with Crippen LogP contribution in [0.3, 0.4) is 0 Å². The Morgan fingerprint density at radius 3 is 2.94 bits per heavy atom. The second-order valence-corrected chi connectivity index (χ2v) is 3.70. The highest BCUT2D eigenvalue weighted by Gasteiger charge is 2.09. The first-order chi connectivity index (χ1) is 7.81. The van der Waals surface area contributed by atoms with Crippen LogP contribution in [0, 0.1) is 0 Å². The monoisotopic (exact) mass is 213 g/mol. The Labute approximate surface area is 92.5 Å². The fraction of sp³-hybridized carbons (Fsp3) is 0.167. The number of hydrogen-bond acceptors (Lipinski definition) is 3. The van der Waals surface area contributed by atoms with E-state index in [1.807, 2.05) is 31.4 Å². The van der Waals surface area contributed by atoms with Gasteiger partial charge >= 0.3 is 0 Å². The van der Waals surface area contributed by atoms with Gasteiger partial charge in [-0.3, -0.25) is 0 Å². The van der Waals surface area contributed by atoms with Crippen molar-refractivity contribution in [1.82, 2.24) is 14.5 Å². The Balaban J connectivity index is 2.52. The van der Waals surface area contributed by atoms with Gasteiger partial charge in [-0.05, 0) is 18.2 Å². The van der Waals surface area contributed by atoms with E-state index >= 15 is 0 Å². The first kappa shape index (κ1) is 9.15. The standard InChI is InChI=1S/C12H11N3O/c1-15-11-4-3-8(16-2)5-9(11)10-6-13-7-14-12(10)15/h3-7H,1-2H3. The molecule has 16 heavy (non-hydrogen) atoms. The number of benzene rings is 1. The molecule has 0 saturated carbocycles. The van der Waals surface area contributed by atoms with Crippen molar-refractivity contribution in [3.63, 3.8) is 0 Å². The maximum atomic E-state index is 5.23. The van der Waals surface area contributed by atoms with Gasteiger partial charge in [-0.1, -0.05) is 0 Å². The van der Waals surface area contributed by atoms with Crippen LogP contribution in [0.25, 0.3) is 21.9 Å². The number of ether oxygens (including phenoxy) is 1. The molecule has 0 amide bonds. The molecule has 0 aliphatic rings. The summed E-state index contributed by atoms with van der Waals surface area (Å²) in [6.07, 6.45) is 3.41. The lowest BCUT2D eigenvalue weighted by Crippen LogP contribution is -1.89. The molecule has 0 atom stereocenters. The molecule has 0 saturated heterocycles. The number of fused-ring (bicyclic) bond motifs is 3. The molecule has 0 aliphatic heterocycles. The molecule has 0 unspecified atom stereocenters. The van der Waals surface area contributed by atoms with Crippen molar-refractivity contribution in [2.24, 2.45) is 7.05 Å². The summed E-state index contributed by atoms with van der Waals surface area (Å²) in [5, 5.41) is 2.18. The van der Waals surface area contributed by atoms with Crippen LogP contribution in [0.5, 0.6) is 5.75 Å². The lowest BCUT2D eigenvalue weighted by Gasteiger charge is -2.00. The number of nitrogens with zero attached hydrogens (tertiary/aromatic N) is 3. The average molecular weight is 213 g/mol. The molecule has 4 heteroatoms. The molecule has 80 valence electrons. The third-order valence-electron chi connectivity index (χ3n) is 2.86. The summed E-state index contributed by atoms with van der Waals surface area (Å²) in [7, 11) is 3.67. The van der Waals surface area contributed by atoms with Gasteiger partial charge in [0, 0.05) is 24.0 Å². The fourth-order valence-corrected chi connectivity index (χ4v) is 2.04. The number of aromatic nitrogens is 3. The zero-order valence-corrected chi connectivity index (χ0v) is 9.14. The van der Waals surface area contributed by atoms with Crippen LogP contribution in [0.4, 0.5) is 0 Å². The zero-order chi connectivity index (χ0) is 11.1. The number of rotatable bonds is 1. The Hall–Kier alpha value is -2.10. The smallest absolute Gasteiger partial charge is 0.144 e. The third kappa shape index (κ3) is 1.10. The molecule has 2 heterocycles. The van der Waals surface area contributed by atoms with E-state index in [0.29, 0.717) is 0 Å². The number of hydrogen-bond donors (Lipinski definition) is 0. The van der Waals surface area contributed by atoms with Gasteiger partial charge in [0.2, 0.25) is 0 Å². The quantitative estimate of drug-likeness (QED) is 0.621. The van der Waals surface area contributed by atoms with Crippen molar-refractivity contribution in [1.29, 1.82) is 0 Å². The summed E-state index contributed by atoms with van der Waals surface area (Å²) in [5.41, 5.74) is 2.08. The van der Waals surface area contributed by atoms with Gasteiger partial charge in [0.25, 0.3) is 0 Å². The predicted octanol–water partition coefficient (Wildman–Crippen LogP) is 2.13. The summed E-state index contributed by atoms with van der Waals surface area (Å²) < 4.78 is 7.29. The van der Waals surface area contributed by atoms with E-state index in [-0.39, 0.29) is 0 Å². The highest BCUT2D eigenvalue weighted by atomic mass is 16.5. The van der Waals surface area contributed by atoms with Crippen LogP contribution in [0.2, 0.25) is 0 Å². The molecule has 1 aromatic carbocycles. The molecule has 0 N–H and O–H groups in total. The van der Waals surface area contributed by atoms with Crippen LogP contribution in [0.15, 0.2) is 30.7 Å². The lowest BCUT2D eigenvalue weighted by molar-refractivity contribution is 0.415. The molecule has 4 nitrogen and oxygen atoms in total. The molecule has 0 fully saturated rings. The SMILES string of the molecule is COc1ccc2c(c1)c1cncnc1n2C. The highest BCUT2D eigenvalue weighted by Crippen LogP contribution is 2.28. The van der Waals surface area contributed by atoms with Gasteiger partial charge in [-0.15, -0.1) is 0 Å². The van der Waals surface area contributed by atoms with Crippen LogP contribution in [0.1, 0.15) is 0 Å². The van der Waals surface area contributed by atoms with Crippen molar-refractivity contribution in [2.75, 3.05) is 7.11 Å². The van der Waals surface area contributed by atoms with E-state index in [1.165, 1.54) is 0 Å². The molecule has 3 rings (SSSR count). The molecule has 0 spiro atoms. The van der Waals surface area contributed by atoms with Gasteiger partial charge in [0.05, 0.1) is 12.6 Å². The molecule has 3 aromatic rings. The number of aryl methyl sites for hydroxylation is 1. The topological polar surface area (TPSA) is 39.9 Å². The van der Waals surface area contributed by atoms with E-state index < -0.39 is 0 Å². The van der Waals surface area contributed by atoms with Gasteiger partial charge < -0.3 is 9.30 Å². The second kappa shape index (κ2) is 3.20. The minimum absolute atomic E-state index is 0.851. The Bertz CT molecular complexity index is 672. The van der Waals surface area contributed by atoms with Crippen molar-refractivity contribution in [3.05, 3.63) is 30.7 Å². The fourth-order valence-electron chi connectivity index (χ4n) is 2.04. The molecule has 0 radical (unpaired) electrons. The first-order valence-corrected chi connectivity index (χ1v) is 5.03. The van der Waals surface area contributed by atoms with Crippen LogP contribution < -0.4 is 4.74 Å². The summed E-state index contributed by atoms with van der Waals surface area (Å²) in [6.45, 7) is 0. The zero-order valence-electron chi connectivity index (χ0n) is 9.14. The van der Waals surface area contributed by atoms with Crippen LogP contribution in [-0.2, 0) is 7.05 Å². The molecule has 2 aromatic heterocycles. The minimum Gasteiger partial charge on any atom is -0.497 e. The van der Waals surface area contributed by atoms with E-state index in [2.05, 4.69) is 14.5 Å². The van der Waals surface area contributed by atoms with E-state index in [1.54, 1.807) is 13.4 Å². The molecule has 0 bridgehead atoms. The third-order valence-corrected chi connectivity index (χ3v) is 2.86. The van der Waals surface area contributed by atoms with Crippen molar-refractivity contribution in [3.8, 4) is 5.75 Å². The minimum atomic E-state index is 0.851. The molecule has 0 aliphatic carbocycles. The first-order valence-electron chi connectivity index (χ1n) is 5.03. The second-order valence-electron chi connectivity index (χ2n) is 3.70. The van der Waals surface area contributed by atoms with Gasteiger partial charge in [0.15, 0.2) is 0 Å². The molecular formula is C12H11N3O. The Morgan fingerprint density at radius 2 is 2.12 bits per heavy atom. The molecular weight excluding hydrogens is 202 g/mol. The summed E-state index contributed by atoms with van der Waals surface area (Å²) in [6, 6.07) is 6.01. The Morgan fingerprint density at radius 1 is 1.25 bits per heavy atom. The van der Waals surface area contributed by atoms with Crippen molar-refractivity contribution >= 4 is 21.9 Å². The van der Waals surface area contributed by atoms with Crippen molar-refractivity contribution in [2.45, 2.75) is 0 Å². The van der Waals surface area contributed by atoms with E-state index in [9.17, 15) is 0 Å². The maximum Gasteiger partial charge on any atom is 0.144 e.